The van der Waals surface area contributed by atoms with Crippen LogP contribution in [0.1, 0.15) is 30.0 Å². The van der Waals surface area contributed by atoms with Crippen LogP contribution in [0.15, 0.2) is 24.4 Å². The molecule has 0 radical (unpaired) electrons. The van der Waals surface area contributed by atoms with Crippen LogP contribution in [0.3, 0.4) is 0 Å². The van der Waals surface area contributed by atoms with Crippen LogP contribution < -0.4 is 10.6 Å². The zero-order valence-corrected chi connectivity index (χ0v) is 14.8. The molecule has 1 unspecified atom stereocenters. The minimum absolute atomic E-state index is 0.0402. The predicted molar refractivity (Wildman–Crippen MR) is 91.5 cm³/mol. The number of carbonyl (C=O) groups excluding carboxylic acids is 2. The average Bonchev–Trinajstić information content (AvgIpc) is 2.65. The van der Waals surface area contributed by atoms with Gasteiger partial charge in [-0.2, -0.15) is 5.26 Å². The average molecular weight is 404 g/mol. The molecule has 0 bridgehead atoms. The molecule has 0 fully saturated rings. The van der Waals surface area contributed by atoms with Crippen LogP contribution in [0, 0.1) is 23.0 Å². The fourth-order valence-electron chi connectivity index (χ4n) is 2.75. The highest BCUT2D eigenvalue weighted by molar-refractivity contribution is 5.95. The fourth-order valence-corrected chi connectivity index (χ4v) is 2.75. The van der Waals surface area contributed by atoms with Gasteiger partial charge in [-0.25, -0.2) is 18.6 Å². The van der Waals surface area contributed by atoms with Gasteiger partial charge in [-0.15, -0.1) is 0 Å². The van der Waals surface area contributed by atoms with Gasteiger partial charge in [0.2, 0.25) is 5.91 Å². The van der Waals surface area contributed by atoms with Crippen molar-refractivity contribution in [2.45, 2.75) is 18.9 Å². The topological polar surface area (TPSA) is 151 Å². The number of rotatable bonds is 4. The Morgan fingerprint density at radius 3 is 2.83 bits per heavy atom. The largest absolute Gasteiger partial charge is 0.346 e. The summed E-state index contributed by atoms with van der Waals surface area (Å²) < 4.78 is 26.8. The smallest absolute Gasteiger partial charge is 0.326 e. The zero-order valence-electron chi connectivity index (χ0n) is 14.8. The summed E-state index contributed by atoms with van der Waals surface area (Å²) in [7, 11) is 0. The Morgan fingerprint density at radius 2 is 2.17 bits per heavy atom. The number of fused-ring (bicyclic) bond motifs is 1. The molecule has 2 aromatic rings. The molecule has 1 aliphatic heterocycles. The van der Waals surface area contributed by atoms with Gasteiger partial charge in [-0.05, 0) is 19.1 Å². The zero-order chi connectivity index (χ0) is 21.3. The lowest BCUT2D eigenvalue weighted by Gasteiger charge is -2.38. The molecule has 0 aromatic carbocycles. The maximum atomic E-state index is 13.8. The highest BCUT2D eigenvalue weighted by atomic mass is 19.1. The number of hydrogen-bond acceptors (Lipinski definition) is 7. The normalized spacial score (nSPS) is 15.7. The number of pyridine rings is 2. The Hall–Kier alpha value is -3.69. The molecule has 0 saturated carbocycles. The first-order valence-electron chi connectivity index (χ1n) is 8.18. The van der Waals surface area contributed by atoms with E-state index in [9.17, 15) is 28.6 Å². The van der Waals surface area contributed by atoms with E-state index in [1.807, 2.05) is 0 Å². The number of hydrogen-bond donors (Lipinski definition) is 4. The summed E-state index contributed by atoms with van der Waals surface area (Å²) in [6.45, 7) is 0.530. The SMILES string of the molecule is CC(NC(=O)CN1C(=O)Nc2ccc(C#N)nc2C1(O)O)c1ncc(F)cc1F. The van der Waals surface area contributed by atoms with Crippen LogP contribution in [-0.4, -0.2) is 43.6 Å². The van der Waals surface area contributed by atoms with Crippen molar-refractivity contribution < 1.29 is 28.6 Å². The Bertz CT molecular complexity index is 1040. The van der Waals surface area contributed by atoms with Crippen molar-refractivity contribution in [1.82, 2.24) is 20.2 Å². The maximum Gasteiger partial charge on any atom is 0.326 e. The summed E-state index contributed by atoms with van der Waals surface area (Å²) in [6.07, 6.45) is 0.779. The summed E-state index contributed by atoms with van der Waals surface area (Å²) >= 11 is 0. The van der Waals surface area contributed by atoms with Crippen LogP contribution in [-0.2, 0) is 10.7 Å². The van der Waals surface area contributed by atoms with Crippen molar-refractivity contribution in [2.75, 3.05) is 11.9 Å². The first-order chi connectivity index (χ1) is 13.6. The quantitative estimate of drug-likeness (QED) is 0.540. The molecule has 29 heavy (non-hydrogen) atoms. The number of nitrogens with zero attached hydrogens (tertiary/aromatic N) is 4. The highest BCUT2D eigenvalue weighted by Crippen LogP contribution is 2.32. The van der Waals surface area contributed by atoms with Gasteiger partial charge in [-0.1, -0.05) is 0 Å². The summed E-state index contributed by atoms with van der Waals surface area (Å²) in [5.41, 5.74) is -0.860. The third kappa shape index (κ3) is 3.82. The summed E-state index contributed by atoms with van der Waals surface area (Å²) in [6, 6.07) is 2.85. The lowest BCUT2D eigenvalue weighted by molar-refractivity contribution is -0.257. The molecular weight excluding hydrogens is 390 g/mol. The molecule has 150 valence electrons. The third-order valence-electron chi connectivity index (χ3n) is 4.12. The minimum atomic E-state index is -2.98. The Morgan fingerprint density at radius 1 is 1.45 bits per heavy atom. The van der Waals surface area contributed by atoms with Gasteiger partial charge in [-0.3, -0.25) is 14.7 Å². The second-order valence-electron chi connectivity index (χ2n) is 6.17. The summed E-state index contributed by atoms with van der Waals surface area (Å²) in [5.74, 6) is -5.73. The number of aliphatic hydroxyl groups is 2. The molecule has 2 aromatic heterocycles. The number of halogens is 2. The number of aromatic nitrogens is 2. The fraction of sp³-hybridized carbons (Fsp3) is 0.235. The molecule has 4 N–H and O–H groups in total. The number of nitrogens with one attached hydrogen (secondary N) is 2. The lowest BCUT2D eigenvalue weighted by Crippen LogP contribution is -2.58. The van der Waals surface area contributed by atoms with Crippen LogP contribution in [0.4, 0.5) is 19.3 Å². The minimum Gasteiger partial charge on any atom is -0.346 e. The van der Waals surface area contributed by atoms with Crippen LogP contribution in [0.2, 0.25) is 0 Å². The van der Waals surface area contributed by atoms with Crippen molar-refractivity contribution in [3.8, 4) is 6.07 Å². The number of nitriles is 1. The first-order valence-corrected chi connectivity index (χ1v) is 8.18. The molecule has 0 spiro atoms. The van der Waals surface area contributed by atoms with E-state index >= 15 is 0 Å². The Balaban J connectivity index is 1.79. The van der Waals surface area contributed by atoms with Crippen molar-refractivity contribution in [3.05, 3.63) is 53.1 Å². The number of urea groups is 1. The van der Waals surface area contributed by atoms with E-state index in [4.69, 9.17) is 5.26 Å². The number of amides is 3. The van der Waals surface area contributed by atoms with Crippen molar-refractivity contribution in [3.63, 3.8) is 0 Å². The molecular formula is C17H14F2N6O4. The van der Waals surface area contributed by atoms with Gasteiger partial charge in [0.05, 0.1) is 23.6 Å². The van der Waals surface area contributed by atoms with Gasteiger partial charge in [0.15, 0.2) is 0 Å². The molecule has 3 rings (SSSR count). The maximum absolute atomic E-state index is 13.8. The lowest BCUT2D eigenvalue weighted by atomic mass is 10.1. The van der Waals surface area contributed by atoms with Gasteiger partial charge >= 0.3 is 6.03 Å². The van der Waals surface area contributed by atoms with Crippen molar-refractivity contribution >= 4 is 17.6 Å². The predicted octanol–water partition coefficient (Wildman–Crippen LogP) is 0.446. The summed E-state index contributed by atoms with van der Waals surface area (Å²) in [5, 5.41) is 34.4. The number of anilines is 1. The first kappa shape index (κ1) is 20.1. The highest BCUT2D eigenvalue weighted by Gasteiger charge is 2.46. The molecule has 10 nitrogen and oxygen atoms in total. The van der Waals surface area contributed by atoms with E-state index in [0.29, 0.717) is 11.0 Å². The van der Waals surface area contributed by atoms with E-state index in [0.717, 1.165) is 6.20 Å². The van der Waals surface area contributed by atoms with Gasteiger partial charge in [0.1, 0.15) is 35.6 Å². The molecule has 12 heteroatoms. The second kappa shape index (κ2) is 7.38. The van der Waals surface area contributed by atoms with E-state index in [2.05, 4.69) is 20.6 Å². The Labute approximate surface area is 162 Å². The summed E-state index contributed by atoms with van der Waals surface area (Å²) in [4.78, 5) is 32.2. The van der Waals surface area contributed by atoms with Gasteiger partial charge < -0.3 is 20.8 Å². The van der Waals surface area contributed by atoms with E-state index in [1.54, 1.807) is 6.07 Å². The number of carbonyl (C=O) groups is 2. The molecule has 3 amide bonds. The van der Waals surface area contributed by atoms with Crippen molar-refractivity contribution in [1.29, 1.82) is 5.26 Å². The van der Waals surface area contributed by atoms with E-state index in [1.165, 1.54) is 19.1 Å². The van der Waals surface area contributed by atoms with E-state index < -0.39 is 47.8 Å². The molecule has 3 heterocycles. The van der Waals surface area contributed by atoms with E-state index in [-0.39, 0.29) is 17.1 Å². The van der Waals surface area contributed by atoms with Crippen LogP contribution >= 0.6 is 0 Å². The van der Waals surface area contributed by atoms with Gasteiger partial charge in [0.25, 0.3) is 5.91 Å². The molecule has 0 saturated heterocycles. The molecule has 1 aliphatic rings. The van der Waals surface area contributed by atoms with Crippen molar-refractivity contribution in [2.24, 2.45) is 0 Å². The standard InChI is InChI=1S/C17H14F2N6O4/c1-8(14-11(19)4-9(18)6-21-14)22-13(26)7-25-16(27)24-12-3-2-10(5-20)23-15(12)17(25,28)29/h2-4,6,8,28-29H,7H2,1H3,(H,22,26)(H,24,27). The molecule has 0 aliphatic carbocycles. The Kier molecular flexibility index (Phi) is 5.10. The van der Waals surface area contributed by atoms with Gasteiger partial charge in [0, 0.05) is 6.07 Å². The third-order valence-corrected chi connectivity index (χ3v) is 4.12. The van der Waals surface area contributed by atoms with Crippen LogP contribution in [0.5, 0.6) is 0 Å². The monoisotopic (exact) mass is 404 g/mol. The second-order valence-corrected chi connectivity index (χ2v) is 6.17. The molecule has 1 atom stereocenters. The van der Waals surface area contributed by atoms with Crippen LogP contribution in [0.25, 0.3) is 0 Å².